The Hall–Kier alpha value is -2.05. The number of carbonyl (C=O) groups is 1. The summed E-state index contributed by atoms with van der Waals surface area (Å²) in [6.45, 7) is 0.132. The van der Waals surface area contributed by atoms with E-state index in [-0.39, 0.29) is 18.2 Å². The lowest BCUT2D eigenvalue weighted by molar-refractivity contribution is -0.127. The van der Waals surface area contributed by atoms with E-state index >= 15 is 0 Å². The molecular weight excluding hydrogens is 349 g/mol. The number of pyridine rings is 1. The normalized spacial score (nSPS) is 11.0. The molecule has 2 heterocycles. The Morgan fingerprint density at radius 1 is 1.33 bits per heavy atom. The van der Waals surface area contributed by atoms with Gasteiger partial charge in [0.1, 0.15) is 5.82 Å². The van der Waals surface area contributed by atoms with E-state index < -0.39 is 5.82 Å². The molecule has 0 N–H and O–H groups in total. The zero-order valence-corrected chi connectivity index (χ0v) is 14.5. The number of benzene rings is 1. The van der Waals surface area contributed by atoms with Crippen LogP contribution in [0.15, 0.2) is 53.9 Å². The van der Waals surface area contributed by atoms with Gasteiger partial charge >= 0.3 is 0 Å². The van der Waals surface area contributed by atoms with Crippen molar-refractivity contribution >= 4 is 34.8 Å². The van der Waals surface area contributed by atoms with Crippen LogP contribution in [0.25, 0.3) is 5.52 Å². The average molecular weight is 364 g/mol. The highest BCUT2D eigenvalue weighted by Crippen LogP contribution is 2.22. The van der Waals surface area contributed by atoms with Crippen LogP contribution < -0.4 is 0 Å². The maximum Gasteiger partial charge on any atom is 0.233 e. The van der Waals surface area contributed by atoms with Gasteiger partial charge in [-0.25, -0.2) is 9.37 Å². The summed E-state index contributed by atoms with van der Waals surface area (Å²) >= 11 is 7.35. The Morgan fingerprint density at radius 2 is 2.17 bits per heavy atom. The van der Waals surface area contributed by atoms with Gasteiger partial charge in [0.2, 0.25) is 5.91 Å². The lowest BCUT2D eigenvalue weighted by atomic mass is 10.2. The molecule has 0 saturated carbocycles. The molecule has 3 aromatic rings. The van der Waals surface area contributed by atoms with E-state index in [0.29, 0.717) is 10.6 Å². The molecule has 7 heteroatoms. The lowest BCUT2D eigenvalue weighted by Gasteiger charge is -2.18. The number of rotatable bonds is 5. The number of imidazole rings is 1. The zero-order chi connectivity index (χ0) is 17.1. The standard InChI is InChI=1S/C17H15ClFN3OS/c1-21(10-13-14(18)6-4-7-15(13)19)16(23)11-24-17-20-9-12-5-2-3-8-22(12)17/h2-9H,10-11H2,1H3. The fourth-order valence-electron chi connectivity index (χ4n) is 2.27. The first-order valence-electron chi connectivity index (χ1n) is 7.28. The molecule has 0 aliphatic rings. The summed E-state index contributed by atoms with van der Waals surface area (Å²) in [4.78, 5) is 18.1. The minimum atomic E-state index is -0.408. The van der Waals surface area contributed by atoms with Gasteiger partial charge in [0, 0.05) is 30.4 Å². The van der Waals surface area contributed by atoms with Crippen molar-refractivity contribution in [2.24, 2.45) is 0 Å². The van der Waals surface area contributed by atoms with Crippen LogP contribution >= 0.6 is 23.4 Å². The summed E-state index contributed by atoms with van der Waals surface area (Å²) < 4.78 is 15.7. The smallest absolute Gasteiger partial charge is 0.233 e. The molecule has 0 radical (unpaired) electrons. The Bertz CT molecular complexity index is 863. The number of fused-ring (bicyclic) bond motifs is 1. The molecule has 3 rings (SSSR count). The average Bonchev–Trinajstić information content (AvgIpc) is 2.99. The van der Waals surface area contributed by atoms with Crippen LogP contribution in [0.3, 0.4) is 0 Å². The van der Waals surface area contributed by atoms with Crippen molar-refractivity contribution in [3.05, 3.63) is 65.2 Å². The molecule has 0 spiro atoms. The highest BCUT2D eigenvalue weighted by atomic mass is 35.5. The summed E-state index contributed by atoms with van der Waals surface area (Å²) in [5.74, 6) is -0.308. The monoisotopic (exact) mass is 363 g/mol. The van der Waals surface area contributed by atoms with Gasteiger partial charge in [0.25, 0.3) is 0 Å². The summed E-state index contributed by atoms with van der Waals surface area (Å²) in [5, 5.41) is 1.07. The van der Waals surface area contributed by atoms with Crippen LogP contribution in [0.4, 0.5) is 4.39 Å². The highest BCUT2D eigenvalue weighted by molar-refractivity contribution is 7.99. The van der Waals surface area contributed by atoms with Gasteiger partial charge in [-0.2, -0.15) is 0 Å². The Balaban J connectivity index is 1.64. The fourth-order valence-corrected chi connectivity index (χ4v) is 3.40. The predicted octanol–water partition coefficient (Wildman–Crippen LogP) is 3.88. The van der Waals surface area contributed by atoms with Gasteiger partial charge < -0.3 is 4.90 Å². The Morgan fingerprint density at radius 3 is 2.96 bits per heavy atom. The first-order chi connectivity index (χ1) is 11.6. The minimum absolute atomic E-state index is 0.119. The van der Waals surface area contributed by atoms with E-state index in [1.165, 1.54) is 22.7 Å². The number of aromatic nitrogens is 2. The van der Waals surface area contributed by atoms with Crippen molar-refractivity contribution in [2.45, 2.75) is 11.7 Å². The molecular formula is C17H15ClFN3OS. The molecule has 1 amide bonds. The maximum absolute atomic E-state index is 13.8. The molecule has 0 atom stereocenters. The van der Waals surface area contributed by atoms with E-state index in [9.17, 15) is 9.18 Å². The second-order valence-corrected chi connectivity index (χ2v) is 6.62. The summed E-state index contributed by atoms with van der Waals surface area (Å²) in [7, 11) is 1.63. The number of hydrogen-bond acceptors (Lipinski definition) is 3. The van der Waals surface area contributed by atoms with Crippen molar-refractivity contribution in [1.82, 2.24) is 14.3 Å². The zero-order valence-electron chi connectivity index (χ0n) is 12.9. The van der Waals surface area contributed by atoms with Gasteiger partial charge in [0.15, 0.2) is 5.16 Å². The molecule has 0 aliphatic heterocycles. The molecule has 0 fully saturated rings. The van der Waals surface area contributed by atoms with Crippen molar-refractivity contribution < 1.29 is 9.18 Å². The Kier molecular flexibility index (Phi) is 5.06. The first-order valence-corrected chi connectivity index (χ1v) is 8.64. The third-order valence-corrected chi connectivity index (χ3v) is 4.92. The molecule has 0 saturated heterocycles. The van der Waals surface area contributed by atoms with Crippen LogP contribution in [-0.4, -0.2) is 33.0 Å². The van der Waals surface area contributed by atoms with Crippen molar-refractivity contribution in [3.8, 4) is 0 Å². The number of hydrogen-bond donors (Lipinski definition) is 0. The first kappa shape index (κ1) is 16.8. The number of halogens is 2. The molecule has 2 aromatic heterocycles. The molecule has 124 valence electrons. The maximum atomic E-state index is 13.8. The number of amides is 1. The molecule has 24 heavy (non-hydrogen) atoms. The van der Waals surface area contributed by atoms with Crippen LogP contribution in [-0.2, 0) is 11.3 Å². The predicted molar refractivity (Wildman–Crippen MR) is 93.8 cm³/mol. The van der Waals surface area contributed by atoms with Gasteiger partial charge in [-0.1, -0.05) is 35.5 Å². The third kappa shape index (κ3) is 3.55. The summed E-state index contributed by atoms with van der Waals surface area (Å²) in [6.07, 6.45) is 3.66. The van der Waals surface area contributed by atoms with E-state index in [1.807, 2.05) is 28.8 Å². The van der Waals surface area contributed by atoms with Crippen LogP contribution in [0.5, 0.6) is 0 Å². The van der Waals surface area contributed by atoms with E-state index in [0.717, 1.165) is 10.7 Å². The van der Waals surface area contributed by atoms with E-state index in [4.69, 9.17) is 11.6 Å². The van der Waals surface area contributed by atoms with E-state index in [2.05, 4.69) is 4.98 Å². The SMILES string of the molecule is CN(Cc1c(F)cccc1Cl)C(=O)CSc1ncc2ccccn12. The lowest BCUT2D eigenvalue weighted by Crippen LogP contribution is -2.28. The third-order valence-electron chi connectivity index (χ3n) is 3.61. The second kappa shape index (κ2) is 7.23. The molecule has 0 bridgehead atoms. The van der Waals surface area contributed by atoms with Crippen molar-refractivity contribution in [1.29, 1.82) is 0 Å². The second-order valence-electron chi connectivity index (χ2n) is 5.27. The quantitative estimate of drug-likeness (QED) is 0.646. The Labute approximate surface area is 148 Å². The highest BCUT2D eigenvalue weighted by Gasteiger charge is 2.15. The van der Waals surface area contributed by atoms with Gasteiger partial charge in [0.05, 0.1) is 17.5 Å². The van der Waals surface area contributed by atoms with Gasteiger partial charge in [-0.15, -0.1) is 0 Å². The largest absolute Gasteiger partial charge is 0.341 e. The summed E-state index contributed by atoms with van der Waals surface area (Å²) in [5.41, 5.74) is 1.30. The fraction of sp³-hybridized carbons (Fsp3) is 0.176. The molecule has 0 aliphatic carbocycles. The van der Waals surface area contributed by atoms with Crippen LogP contribution in [0, 0.1) is 5.82 Å². The number of thioether (sulfide) groups is 1. The van der Waals surface area contributed by atoms with Crippen LogP contribution in [0.1, 0.15) is 5.56 Å². The molecule has 1 aromatic carbocycles. The number of carbonyl (C=O) groups excluding carboxylic acids is 1. The van der Waals surface area contributed by atoms with Gasteiger partial charge in [-0.05, 0) is 24.3 Å². The van der Waals surface area contributed by atoms with E-state index in [1.54, 1.807) is 25.4 Å². The molecule has 4 nitrogen and oxygen atoms in total. The van der Waals surface area contributed by atoms with Crippen molar-refractivity contribution in [2.75, 3.05) is 12.8 Å². The van der Waals surface area contributed by atoms with Crippen molar-refractivity contribution in [3.63, 3.8) is 0 Å². The topological polar surface area (TPSA) is 37.6 Å². The summed E-state index contributed by atoms with van der Waals surface area (Å²) in [6, 6.07) is 10.3. The molecule has 0 unspecified atom stereocenters. The van der Waals surface area contributed by atoms with Crippen LogP contribution in [0.2, 0.25) is 5.02 Å². The van der Waals surface area contributed by atoms with Gasteiger partial charge in [-0.3, -0.25) is 9.20 Å². The number of nitrogens with zero attached hydrogens (tertiary/aromatic N) is 3. The minimum Gasteiger partial charge on any atom is -0.341 e.